The zero-order chi connectivity index (χ0) is 13.2. The molecule has 1 N–H and O–H groups in total. The second-order valence-corrected chi connectivity index (χ2v) is 5.41. The molecule has 2 atom stereocenters. The number of rotatable bonds is 4. The fourth-order valence-electron chi connectivity index (χ4n) is 1.76. The van der Waals surface area contributed by atoms with Crippen LogP contribution in [0.2, 0.25) is 5.02 Å². The van der Waals surface area contributed by atoms with Gasteiger partial charge in [0, 0.05) is 10.3 Å². The van der Waals surface area contributed by atoms with Crippen LogP contribution in [0.4, 0.5) is 0 Å². The summed E-state index contributed by atoms with van der Waals surface area (Å²) < 4.78 is 1.58. The first-order valence-corrected chi connectivity index (χ1v) is 6.41. The van der Waals surface area contributed by atoms with E-state index in [2.05, 4.69) is 22.7 Å². The number of hydrogen-bond donors (Lipinski definition) is 2. The lowest BCUT2D eigenvalue weighted by molar-refractivity contribution is 0.0172. The van der Waals surface area contributed by atoms with Crippen molar-refractivity contribution in [3.63, 3.8) is 0 Å². The predicted molar refractivity (Wildman–Crippen MR) is 73.8 cm³/mol. The molecule has 0 fully saturated rings. The molecule has 1 aromatic carbocycles. The van der Waals surface area contributed by atoms with E-state index in [9.17, 15) is 5.11 Å². The molecule has 2 rings (SSSR count). The molecule has 0 spiro atoms. The second-order valence-electron chi connectivity index (χ2n) is 4.20. The molecule has 0 saturated heterocycles. The maximum absolute atomic E-state index is 10.8. The van der Waals surface area contributed by atoms with Gasteiger partial charge in [0.2, 0.25) is 0 Å². The van der Waals surface area contributed by atoms with Crippen molar-refractivity contribution in [2.45, 2.75) is 24.3 Å². The highest BCUT2D eigenvalue weighted by molar-refractivity contribution is 7.81. The van der Waals surface area contributed by atoms with E-state index in [4.69, 9.17) is 11.6 Å². The first kappa shape index (κ1) is 13.4. The number of hydrogen-bond acceptors (Lipinski definition) is 4. The van der Waals surface area contributed by atoms with Crippen molar-refractivity contribution in [3.8, 4) is 0 Å². The van der Waals surface area contributed by atoms with Crippen LogP contribution >= 0.6 is 24.2 Å². The predicted octanol–water partition coefficient (Wildman–Crippen LogP) is 2.14. The quantitative estimate of drug-likeness (QED) is 0.845. The van der Waals surface area contributed by atoms with E-state index in [0.29, 0.717) is 11.6 Å². The fraction of sp³-hybridized carbons (Fsp3) is 0.333. The van der Waals surface area contributed by atoms with Crippen molar-refractivity contribution in [1.29, 1.82) is 0 Å². The maximum atomic E-state index is 10.8. The molecule has 0 aliphatic rings. The number of aliphatic hydroxyl groups is 1. The van der Waals surface area contributed by atoms with Crippen LogP contribution in [-0.4, -0.2) is 25.1 Å². The Bertz CT molecular complexity index is 501. The van der Waals surface area contributed by atoms with Gasteiger partial charge in [-0.15, -0.1) is 0 Å². The molecule has 96 valence electrons. The summed E-state index contributed by atoms with van der Waals surface area (Å²) >= 11 is 10.2. The van der Waals surface area contributed by atoms with Crippen LogP contribution in [0.1, 0.15) is 12.5 Å². The van der Waals surface area contributed by atoms with Gasteiger partial charge in [0.1, 0.15) is 18.3 Å². The molecular formula is C12H14ClN3OS. The standard InChI is InChI=1S/C12H14ClN3OS/c1-9(18)12(17,6-16-8-14-7-15-16)10-2-4-11(13)5-3-10/h2-5,7-9,17-18H,6H2,1H3/t9-,12-/m1/s1. The molecule has 0 aliphatic heterocycles. The van der Waals surface area contributed by atoms with E-state index < -0.39 is 5.60 Å². The van der Waals surface area contributed by atoms with Gasteiger partial charge in [-0.05, 0) is 17.7 Å². The number of aromatic nitrogens is 3. The molecule has 4 nitrogen and oxygen atoms in total. The van der Waals surface area contributed by atoms with Crippen molar-refractivity contribution < 1.29 is 5.11 Å². The third kappa shape index (κ3) is 2.68. The topological polar surface area (TPSA) is 50.9 Å². The lowest BCUT2D eigenvalue weighted by Gasteiger charge is -2.31. The molecule has 0 amide bonds. The Morgan fingerprint density at radius 2 is 2.11 bits per heavy atom. The molecule has 0 bridgehead atoms. The first-order chi connectivity index (χ1) is 8.52. The molecule has 18 heavy (non-hydrogen) atoms. The SMILES string of the molecule is C[C@@H](S)[C@](O)(Cn1cncn1)c1ccc(Cl)cc1. The lowest BCUT2D eigenvalue weighted by Crippen LogP contribution is -2.39. The zero-order valence-corrected chi connectivity index (χ0v) is 11.5. The highest BCUT2D eigenvalue weighted by Gasteiger charge is 2.34. The van der Waals surface area contributed by atoms with Crippen LogP contribution in [0.5, 0.6) is 0 Å². The first-order valence-electron chi connectivity index (χ1n) is 5.51. The van der Waals surface area contributed by atoms with E-state index in [1.165, 1.54) is 6.33 Å². The van der Waals surface area contributed by atoms with E-state index >= 15 is 0 Å². The smallest absolute Gasteiger partial charge is 0.137 e. The Morgan fingerprint density at radius 1 is 1.44 bits per heavy atom. The fourth-order valence-corrected chi connectivity index (χ4v) is 2.12. The van der Waals surface area contributed by atoms with Gasteiger partial charge in [-0.2, -0.15) is 17.7 Å². The lowest BCUT2D eigenvalue weighted by atomic mass is 9.90. The summed E-state index contributed by atoms with van der Waals surface area (Å²) in [5.74, 6) is 0. The molecule has 6 heteroatoms. The normalized spacial score (nSPS) is 16.2. The summed E-state index contributed by atoms with van der Waals surface area (Å²) in [5, 5.41) is 15.2. The van der Waals surface area contributed by atoms with Gasteiger partial charge < -0.3 is 5.11 Å². The van der Waals surface area contributed by atoms with Gasteiger partial charge in [-0.1, -0.05) is 30.7 Å². The van der Waals surface area contributed by atoms with Crippen molar-refractivity contribution in [1.82, 2.24) is 14.8 Å². The molecule has 0 saturated carbocycles. The minimum atomic E-state index is -1.12. The number of halogens is 1. The largest absolute Gasteiger partial charge is 0.382 e. The summed E-state index contributed by atoms with van der Waals surface area (Å²) in [6, 6.07) is 7.09. The summed E-state index contributed by atoms with van der Waals surface area (Å²) in [6.45, 7) is 2.13. The van der Waals surface area contributed by atoms with Gasteiger partial charge in [0.05, 0.1) is 6.54 Å². The summed E-state index contributed by atoms with van der Waals surface area (Å²) in [5.41, 5.74) is -0.369. The van der Waals surface area contributed by atoms with Crippen LogP contribution in [0.25, 0.3) is 0 Å². The van der Waals surface area contributed by atoms with E-state index in [0.717, 1.165) is 5.56 Å². The molecule has 0 unspecified atom stereocenters. The van der Waals surface area contributed by atoms with Crippen molar-refractivity contribution in [2.24, 2.45) is 0 Å². The van der Waals surface area contributed by atoms with Crippen molar-refractivity contribution in [2.75, 3.05) is 0 Å². The summed E-state index contributed by atoms with van der Waals surface area (Å²) in [4.78, 5) is 3.87. The summed E-state index contributed by atoms with van der Waals surface area (Å²) in [7, 11) is 0. The Balaban J connectivity index is 2.34. The number of benzene rings is 1. The molecule has 1 heterocycles. The Labute approximate surface area is 116 Å². The highest BCUT2D eigenvalue weighted by Crippen LogP contribution is 2.30. The van der Waals surface area contributed by atoms with Crippen LogP contribution in [0.3, 0.4) is 0 Å². The van der Waals surface area contributed by atoms with Crippen LogP contribution in [0.15, 0.2) is 36.9 Å². The third-order valence-corrected chi connectivity index (χ3v) is 3.58. The maximum Gasteiger partial charge on any atom is 0.137 e. The van der Waals surface area contributed by atoms with E-state index in [1.54, 1.807) is 35.3 Å². The van der Waals surface area contributed by atoms with Crippen molar-refractivity contribution in [3.05, 3.63) is 47.5 Å². The number of thiol groups is 1. The van der Waals surface area contributed by atoms with Gasteiger partial charge >= 0.3 is 0 Å². The van der Waals surface area contributed by atoms with E-state index in [-0.39, 0.29) is 5.25 Å². The Kier molecular flexibility index (Phi) is 3.94. The Morgan fingerprint density at radius 3 is 2.61 bits per heavy atom. The van der Waals surface area contributed by atoms with Gasteiger partial charge in [0.15, 0.2) is 0 Å². The molecule has 2 aromatic rings. The van der Waals surface area contributed by atoms with Crippen LogP contribution < -0.4 is 0 Å². The minimum Gasteiger partial charge on any atom is -0.382 e. The molecule has 1 aromatic heterocycles. The van der Waals surface area contributed by atoms with Crippen molar-refractivity contribution >= 4 is 24.2 Å². The molecular weight excluding hydrogens is 270 g/mol. The highest BCUT2D eigenvalue weighted by atomic mass is 35.5. The van der Waals surface area contributed by atoms with E-state index in [1.807, 2.05) is 6.92 Å². The number of nitrogens with zero attached hydrogens (tertiary/aromatic N) is 3. The monoisotopic (exact) mass is 283 g/mol. The zero-order valence-electron chi connectivity index (χ0n) is 9.86. The minimum absolute atomic E-state index is 0.261. The average Bonchev–Trinajstić information content (AvgIpc) is 2.82. The van der Waals surface area contributed by atoms with Crippen LogP contribution in [-0.2, 0) is 12.1 Å². The average molecular weight is 284 g/mol. The van der Waals surface area contributed by atoms with Gasteiger partial charge in [-0.25, -0.2) is 9.67 Å². The van der Waals surface area contributed by atoms with Gasteiger partial charge in [0.25, 0.3) is 0 Å². The van der Waals surface area contributed by atoms with Gasteiger partial charge in [-0.3, -0.25) is 0 Å². The Hall–Kier alpha value is -1.04. The molecule has 0 aliphatic carbocycles. The third-order valence-electron chi connectivity index (χ3n) is 2.90. The second kappa shape index (κ2) is 5.30. The molecule has 0 radical (unpaired) electrons. The summed E-state index contributed by atoms with van der Waals surface area (Å²) in [6.07, 6.45) is 3.00. The van der Waals surface area contributed by atoms with Crippen LogP contribution in [0, 0.1) is 0 Å².